The van der Waals surface area contributed by atoms with Crippen LogP contribution in [0.15, 0.2) is 24.3 Å². The fourth-order valence-corrected chi connectivity index (χ4v) is 2.94. The van der Waals surface area contributed by atoms with Gasteiger partial charge in [-0.1, -0.05) is 18.2 Å². The Hall–Kier alpha value is -1.88. The summed E-state index contributed by atoms with van der Waals surface area (Å²) in [5.74, 6) is -1.92. The second-order valence-corrected chi connectivity index (χ2v) is 5.92. The van der Waals surface area contributed by atoms with Crippen LogP contribution in [0.5, 0.6) is 0 Å². The van der Waals surface area contributed by atoms with Crippen molar-refractivity contribution < 1.29 is 14.7 Å². The second kappa shape index (κ2) is 5.85. The average molecular weight is 288 g/mol. The zero-order valence-electron chi connectivity index (χ0n) is 11.9. The molecule has 0 bridgehead atoms. The van der Waals surface area contributed by atoms with Gasteiger partial charge in [-0.25, -0.2) is 0 Å². The Morgan fingerprint density at radius 1 is 1.19 bits per heavy atom. The lowest BCUT2D eigenvalue weighted by Crippen LogP contribution is -2.21. The van der Waals surface area contributed by atoms with Crippen LogP contribution in [0.25, 0.3) is 0 Å². The largest absolute Gasteiger partial charge is 0.481 e. The summed E-state index contributed by atoms with van der Waals surface area (Å²) in [6, 6.07) is 7.78. The molecule has 1 aliphatic carbocycles. The Morgan fingerprint density at radius 3 is 2.57 bits per heavy atom. The van der Waals surface area contributed by atoms with Crippen LogP contribution in [0.1, 0.15) is 24.8 Å². The molecule has 2 aliphatic rings. The number of hydrogen-bond donors (Lipinski definition) is 2. The first-order valence-corrected chi connectivity index (χ1v) is 7.49. The van der Waals surface area contributed by atoms with Crippen molar-refractivity contribution in [1.29, 1.82) is 0 Å². The fraction of sp³-hybridized carbons (Fsp3) is 0.500. The maximum absolute atomic E-state index is 12.1. The number of likely N-dealkylation sites (tertiary alicyclic amines) is 1. The highest BCUT2D eigenvalue weighted by molar-refractivity contribution is 5.98. The van der Waals surface area contributed by atoms with Gasteiger partial charge in [0.2, 0.25) is 5.91 Å². The van der Waals surface area contributed by atoms with Gasteiger partial charge in [0, 0.05) is 12.2 Å². The summed E-state index contributed by atoms with van der Waals surface area (Å²) >= 11 is 0. The molecule has 1 aromatic rings. The van der Waals surface area contributed by atoms with E-state index in [0.29, 0.717) is 6.42 Å². The summed E-state index contributed by atoms with van der Waals surface area (Å²) in [6.07, 6.45) is 2.92. The van der Waals surface area contributed by atoms with E-state index in [0.717, 1.165) is 30.9 Å². The number of nitrogens with one attached hydrogen (secondary N) is 1. The fourth-order valence-electron chi connectivity index (χ4n) is 2.94. The van der Waals surface area contributed by atoms with E-state index in [4.69, 9.17) is 5.11 Å². The minimum absolute atomic E-state index is 0.170. The standard InChI is InChI=1S/C16H20N2O3/c19-15(12-9-13(12)16(20)21)17-14-6-2-1-5-11(14)10-18-7-3-4-8-18/h1-2,5-6,12-13H,3-4,7-10H2,(H,17,19)(H,20,21)/t12-,13+/m1/s1. The van der Waals surface area contributed by atoms with E-state index < -0.39 is 11.9 Å². The molecule has 1 amide bonds. The zero-order valence-corrected chi connectivity index (χ0v) is 11.9. The summed E-state index contributed by atoms with van der Waals surface area (Å²) in [7, 11) is 0. The third kappa shape index (κ3) is 3.24. The molecule has 5 nitrogen and oxygen atoms in total. The number of para-hydroxylation sites is 1. The molecule has 3 rings (SSSR count). The monoisotopic (exact) mass is 288 g/mol. The number of carbonyl (C=O) groups excluding carboxylic acids is 1. The van der Waals surface area contributed by atoms with E-state index >= 15 is 0 Å². The molecule has 0 unspecified atom stereocenters. The van der Waals surface area contributed by atoms with Crippen LogP contribution >= 0.6 is 0 Å². The quantitative estimate of drug-likeness (QED) is 0.868. The van der Waals surface area contributed by atoms with Crippen LogP contribution < -0.4 is 5.32 Å². The lowest BCUT2D eigenvalue weighted by atomic mass is 10.1. The van der Waals surface area contributed by atoms with Crippen molar-refractivity contribution >= 4 is 17.6 Å². The van der Waals surface area contributed by atoms with Crippen LogP contribution in [0.4, 0.5) is 5.69 Å². The molecule has 1 saturated heterocycles. The summed E-state index contributed by atoms with van der Waals surface area (Å²) in [5.41, 5.74) is 1.91. The molecule has 5 heteroatoms. The number of rotatable bonds is 5. The Bertz CT molecular complexity index is 552. The summed E-state index contributed by atoms with van der Waals surface area (Å²) in [5, 5.41) is 11.8. The topological polar surface area (TPSA) is 69.6 Å². The molecule has 1 aromatic carbocycles. The van der Waals surface area contributed by atoms with E-state index in [-0.39, 0.29) is 11.8 Å². The highest BCUT2D eigenvalue weighted by atomic mass is 16.4. The van der Waals surface area contributed by atoms with Gasteiger partial charge >= 0.3 is 5.97 Å². The smallest absolute Gasteiger partial charge is 0.307 e. The van der Waals surface area contributed by atoms with Crippen molar-refractivity contribution in [2.75, 3.05) is 18.4 Å². The predicted molar refractivity (Wildman–Crippen MR) is 78.8 cm³/mol. The van der Waals surface area contributed by atoms with Gasteiger partial charge in [0.1, 0.15) is 0 Å². The average Bonchev–Trinajstić information content (AvgIpc) is 3.12. The predicted octanol–water partition coefficient (Wildman–Crippen LogP) is 1.94. The number of carboxylic acid groups (broad SMARTS) is 1. The molecule has 1 heterocycles. The van der Waals surface area contributed by atoms with Crippen molar-refractivity contribution in [2.45, 2.75) is 25.8 Å². The molecule has 21 heavy (non-hydrogen) atoms. The number of benzene rings is 1. The SMILES string of the molecule is O=C(O)[C@H]1C[C@H]1C(=O)Nc1ccccc1CN1CCCC1. The van der Waals surface area contributed by atoms with Crippen molar-refractivity contribution in [2.24, 2.45) is 11.8 Å². The second-order valence-electron chi connectivity index (χ2n) is 5.92. The molecule has 2 N–H and O–H groups in total. The number of hydrogen-bond acceptors (Lipinski definition) is 3. The summed E-state index contributed by atoms with van der Waals surface area (Å²) in [4.78, 5) is 25.3. The maximum Gasteiger partial charge on any atom is 0.307 e. The highest BCUT2D eigenvalue weighted by Crippen LogP contribution is 2.39. The van der Waals surface area contributed by atoms with E-state index in [1.807, 2.05) is 24.3 Å². The van der Waals surface area contributed by atoms with Gasteiger partial charge < -0.3 is 10.4 Å². The van der Waals surface area contributed by atoms with E-state index in [2.05, 4.69) is 10.2 Å². The van der Waals surface area contributed by atoms with Crippen LogP contribution in [0.2, 0.25) is 0 Å². The molecule has 1 aliphatic heterocycles. The van der Waals surface area contributed by atoms with Gasteiger partial charge in [0.05, 0.1) is 11.8 Å². The van der Waals surface area contributed by atoms with Crippen molar-refractivity contribution in [3.05, 3.63) is 29.8 Å². The Kier molecular flexibility index (Phi) is 3.92. The summed E-state index contributed by atoms with van der Waals surface area (Å²) in [6.45, 7) is 3.04. The van der Waals surface area contributed by atoms with Crippen LogP contribution in [-0.4, -0.2) is 35.0 Å². The van der Waals surface area contributed by atoms with Gasteiger partial charge in [0.25, 0.3) is 0 Å². The molecule has 2 fully saturated rings. The third-order valence-electron chi connectivity index (χ3n) is 4.31. The molecule has 112 valence electrons. The number of anilines is 1. The zero-order chi connectivity index (χ0) is 14.8. The van der Waals surface area contributed by atoms with Gasteiger partial charge in [-0.15, -0.1) is 0 Å². The van der Waals surface area contributed by atoms with Crippen LogP contribution in [0, 0.1) is 11.8 Å². The molecule has 2 atom stereocenters. The molecule has 0 radical (unpaired) electrons. The lowest BCUT2D eigenvalue weighted by Gasteiger charge is -2.17. The molecule has 0 spiro atoms. The van der Waals surface area contributed by atoms with Gasteiger partial charge in [0.15, 0.2) is 0 Å². The van der Waals surface area contributed by atoms with Gasteiger partial charge in [-0.2, -0.15) is 0 Å². The van der Waals surface area contributed by atoms with E-state index in [1.54, 1.807) is 0 Å². The highest BCUT2D eigenvalue weighted by Gasteiger charge is 2.48. The normalized spacial score (nSPS) is 24.8. The van der Waals surface area contributed by atoms with Gasteiger partial charge in [-0.05, 0) is 44.0 Å². The molecular weight excluding hydrogens is 268 g/mol. The first-order valence-electron chi connectivity index (χ1n) is 7.49. The number of amides is 1. The number of carbonyl (C=O) groups is 2. The Morgan fingerprint density at radius 2 is 1.90 bits per heavy atom. The van der Waals surface area contributed by atoms with Crippen molar-refractivity contribution in [1.82, 2.24) is 4.90 Å². The molecule has 1 saturated carbocycles. The van der Waals surface area contributed by atoms with Crippen LogP contribution in [-0.2, 0) is 16.1 Å². The minimum atomic E-state index is -0.875. The Labute approximate surface area is 123 Å². The number of carboxylic acids is 1. The van der Waals surface area contributed by atoms with Crippen molar-refractivity contribution in [3.63, 3.8) is 0 Å². The number of aliphatic carboxylic acids is 1. The van der Waals surface area contributed by atoms with E-state index in [9.17, 15) is 9.59 Å². The van der Waals surface area contributed by atoms with Crippen LogP contribution in [0.3, 0.4) is 0 Å². The van der Waals surface area contributed by atoms with Crippen molar-refractivity contribution in [3.8, 4) is 0 Å². The maximum atomic E-state index is 12.1. The Balaban J connectivity index is 1.65. The summed E-state index contributed by atoms with van der Waals surface area (Å²) < 4.78 is 0. The molecular formula is C16H20N2O3. The number of nitrogens with zero attached hydrogens (tertiary/aromatic N) is 1. The van der Waals surface area contributed by atoms with Gasteiger partial charge in [-0.3, -0.25) is 14.5 Å². The minimum Gasteiger partial charge on any atom is -0.481 e. The molecule has 0 aromatic heterocycles. The first kappa shape index (κ1) is 14.1. The third-order valence-corrected chi connectivity index (χ3v) is 4.31. The van der Waals surface area contributed by atoms with E-state index in [1.165, 1.54) is 12.8 Å². The first-order chi connectivity index (χ1) is 10.1. The lowest BCUT2D eigenvalue weighted by molar-refractivity contribution is -0.139.